The van der Waals surface area contributed by atoms with Crippen molar-refractivity contribution < 1.29 is 23.1 Å². The van der Waals surface area contributed by atoms with Gasteiger partial charge >= 0.3 is 12.0 Å². The summed E-state index contributed by atoms with van der Waals surface area (Å²) in [6, 6.07) is -0.145. The fourth-order valence-electron chi connectivity index (χ4n) is 3.86. The van der Waals surface area contributed by atoms with Gasteiger partial charge in [0.25, 0.3) is 0 Å². The summed E-state index contributed by atoms with van der Waals surface area (Å²) in [5, 5.41) is 12.2. The molecule has 1 saturated carbocycles. The zero-order chi connectivity index (χ0) is 17.9. The predicted molar refractivity (Wildman–Crippen MR) is 90.5 cm³/mol. The number of amides is 2. The van der Waals surface area contributed by atoms with Crippen molar-refractivity contribution >= 4 is 21.8 Å². The van der Waals surface area contributed by atoms with Gasteiger partial charge in [-0.1, -0.05) is 6.92 Å². The van der Waals surface area contributed by atoms with Crippen molar-refractivity contribution in [3.8, 4) is 0 Å². The number of carbonyl (C=O) groups is 2. The van der Waals surface area contributed by atoms with Gasteiger partial charge in [-0.15, -0.1) is 0 Å². The minimum atomic E-state index is -2.95. The van der Waals surface area contributed by atoms with Crippen molar-refractivity contribution in [3.05, 3.63) is 0 Å². The van der Waals surface area contributed by atoms with E-state index < -0.39 is 21.7 Å². The van der Waals surface area contributed by atoms with E-state index in [1.54, 1.807) is 4.90 Å². The van der Waals surface area contributed by atoms with Crippen LogP contribution in [-0.2, 0) is 14.6 Å². The summed E-state index contributed by atoms with van der Waals surface area (Å²) in [4.78, 5) is 25.2. The van der Waals surface area contributed by atoms with Gasteiger partial charge in [-0.2, -0.15) is 0 Å². The second-order valence-corrected chi connectivity index (χ2v) is 9.73. The molecular weight excluding hydrogens is 332 g/mol. The lowest BCUT2D eigenvalue weighted by molar-refractivity contribution is -0.143. The first kappa shape index (κ1) is 19.0. The molecule has 0 aromatic carbocycles. The van der Waals surface area contributed by atoms with E-state index in [9.17, 15) is 23.1 Å². The molecular formula is C16H28N2O5S. The molecule has 2 atom stereocenters. The minimum Gasteiger partial charge on any atom is -0.481 e. The van der Waals surface area contributed by atoms with Crippen molar-refractivity contribution in [1.82, 2.24) is 10.2 Å². The SMILES string of the molecule is CC1CC(C(=O)O)CN(C(=O)NC2CCC(CS(C)(=O)=O)CC2)C1. The molecule has 2 unspecified atom stereocenters. The number of hydrogen-bond donors (Lipinski definition) is 2. The van der Waals surface area contributed by atoms with E-state index in [1.807, 2.05) is 6.92 Å². The van der Waals surface area contributed by atoms with Crippen molar-refractivity contribution in [2.45, 2.75) is 45.1 Å². The molecule has 2 aliphatic rings. The number of likely N-dealkylation sites (tertiary alicyclic amines) is 1. The molecule has 24 heavy (non-hydrogen) atoms. The van der Waals surface area contributed by atoms with Gasteiger partial charge in [0, 0.05) is 25.4 Å². The van der Waals surface area contributed by atoms with E-state index in [1.165, 1.54) is 6.26 Å². The summed E-state index contributed by atoms with van der Waals surface area (Å²) < 4.78 is 22.7. The lowest BCUT2D eigenvalue weighted by Gasteiger charge is -2.36. The highest BCUT2D eigenvalue weighted by Crippen LogP contribution is 2.26. The van der Waals surface area contributed by atoms with Gasteiger partial charge in [0.2, 0.25) is 0 Å². The van der Waals surface area contributed by atoms with Gasteiger partial charge in [0.15, 0.2) is 0 Å². The molecule has 0 aromatic heterocycles. The standard InChI is InChI=1S/C16H28N2O5S/c1-11-7-13(15(19)20)9-18(8-11)16(21)17-14-5-3-12(4-6-14)10-24(2,22)23/h11-14H,3-10H2,1-2H3,(H,17,21)(H,19,20). The highest BCUT2D eigenvalue weighted by Gasteiger charge is 2.33. The Morgan fingerprint density at radius 2 is 1.79 bits per heavy atom. The first-order valence-corrected chi connectivity index (χ1v) is 10.7. The Kier molecular flexibility index (Phi) is 6.11. The topological polar surface area (TPSA) is 104 Å². The monoisotopic (exact) mass is 360 g/mol. The maximum Gasteiger partial charge on any atom is 0.317 e. The zero-order valence-electron chi connectivity index (χ0n) is 14.4. The summed E-state index contributed by atoms with van der Waals surface area (Å²) in [5.41, 5.74) is 0. The second-order valence-electron chi connectivity index (χ2n) is 7.54. The molecule has 0 radical (unpaired) electrons. The fourth-order valence-corrected chi connectivity index (χ4v) is 5.05. The van der Waals surface area contributed by atoms with Crippen LogP contribution in [-0.4, -0.2) is 61.6 Å². The third kappa shape index (κ3) is 5.65. The molecule has 7 nitrogen and oxygen atoms in total. The molecule has 1 heterocycles. The van der Waals surface area contributed by atoms with Gasteiger partial charge < -0.3 is 15.3 Å². The maximum atomic E-state index is 12.4. The molecule has 1 aliphatic heterocycles. The third-order valence-electron chi connectivity index (χ3n) is 5.01. The van der Waals surface area contributed by atoms with E-state index in [2.05, 4.69) is 5.32 Å². The molecule has 2 amide bonds. The number of urea groups is 1. The van der Waals surface area contributed by atoms with Gasteiger partial charge in [-0.3, -0.25) is 4.79 Å². The number of hydrogen-bond acceptors (Lipinski definition) is 4. The average Bonchev–Trinajstić information content (AvgIpc) is 2.47. The van der Waals surface area contributed by atoms with Crippen LogP contribution in [0, 0.1) is 17.8 Å². The minimum absolute atomic E-state index is 0.0498. The number of carboxylic acids is 1. The van der Waals surface area contributed by atoms with Crippen molar-refractivity contribution in [2.75, 3.05) is 25.1 Å². The Hall–Kier alpha value is -1.31. The van der Waals surface area contributed by atoms with Gasteiger partial charge in [-0.05, 0) is 43.9 Å². The fraction of sp³-hybridized carbons (Fsp3) is 0.875. The first-order valence-electron chi connectivity index (χ1n) is 8.60. The maximum absolute atomic E-state index is 12.4. The van der Waals surface area contributed by atoms with Crippen LogP contribution >= 0.6 is 0 Å². The first-order chi connectivity index (χ1) is 11.1. The third-order valence-corrected chi connectivity index (χ3v) is 6.09. The van der Waals surface area contributed by atoms with E-state index in [-0.39, 0.29) is 36.2 Å². The Morgan fingerprint density at radius 3 is 2.33 bits per heavy atom. The number of aliphatic carboxylic acids is 1. The largest absolute Gasteiger partial charge is 0.481 e. The molecule has 2 rings (SSSR count). The van der Waals surface area contributed by atoms with E-state index in [4.69, 9.17) is 0 Å². The van der Waals surface area contributed by atoms with Crippen LogP contribution in [0.1, 0.15) is 39.0 Å². The summed E-state index contributed by atoms with van der Waals surface area (Å²) in [6.45, 7) is 2.81. The number of piperidine rings is 1. The predicted octanol–water partition coefficient (Wildman–Crippen LogP) is 1.34. The van der Waals surface area contributed by atoms with E-state index in [0.29, 0.717) is 13.0 Å². The average molecular weight is 360 g/mol. The lowest BCUT2D eigenvalue weighted by Crippen LogP contribution is -2.52. The molecule has 2 N–H and O–H groups in total. The summed E-state index contributed by atoms with van der Waals surface area (Å²) in [6.07, 6.45) is 5.01. The highest BCUT2D eigenvalue weighted by atomic mass is 32.2. The van der Waals surface area contributed by atoms with Crippen LogP contribution in [0.4, 0.5) is 4.79 Å². The number of rotatable bonds is 4. The quantitative estimate of drug-likeness (QED) is 0.787. The Balaban J connectivity index is 1.82. The number of nitrogens with zero attached hydrogens (tertiary/aromatic N) is 1. The van der Waals surface area contributed by atoms with Gasteiger partial charge in [0.05, 0.1) is 11.7 Å². The molecule has 138 valence electrons. The van der Waals surface area contributed by atoms with Crippen LogP contribution in [0.2, 0.25) is 0 Å². The summed E-state index contributed by atoms with van der Waals surface area (Å²) in [5.74, 6) is -0.765. The molecule has 2 fully saturated rings. The smallest absolute Gasteiger partial charge is 0.317 e. The molecule has 0 bridgehead atoms. The summed E-state index contributed by atoms with van der Waals surface area (Å²) in [7, 11) is -2.95. The van der Waals surface area contributed by atoms with Gasteiger partial charge in [0.1, 0.15) is 9.84 Å². The number of carbonyl (C=O) groups excluding carboxylic acids is 1. The summed E-state index contributed by atoms with van der Waals surface area (Å²) >= 11 is 0. The normalized spacial score (nSPS) is 31.5. The Morgan fingerprint density at radius 1 is 1.17 bits per heavy atom. The van der Waals surface area contributed by atoms with Crippen LogP contribution in [0.15, 0.2) is 0 Å². The van der Waals surface area contributed by atoms with Crippen molar-refractivity contribution in [2.24, 2.45) is 17.8 Å². The molecule has 8 heteroatoms. The van der Waals surface area contributed by atoms with Crippen molar-refractivity contribution in [1.29, 1.82) is 0 Å². The molecule has 0 aromatic rings. The second kappa shape index (κ2) is 7.72. The number of carboxylic acid groups (broad SMARTS) is 1. The molecule has 1 aliphatic carbocycles. The van der Waals surface area contributed by atoms with Crippen LogP contribution in [0.3, 0.4) is 0 Å². The van der Waals surface area contributed by atoms with Crippen LogP contribution < -0.4 is 5.32 Å². The van der Waals surface area contributed by atoms with Crippen molar-refractivity contribution in [3.63, 3.8) is 0 Å². The van der Waals surface area contributed by atoms with E-state index >= 15 is 0 Å². The number of sulfone groups is 1. The van der Waals surface area contributed by atoms with Crippen LogP contribution in [0.25, 0.3) is 0 Å². The number of nitrogens with one attached hydrogen (secondary N) is 1. The Bertz CT molecular complexity index is 569. The Labute approximate surface area is 143 Å². The lowest BCUT2D eigenvalue weighted by atomic mass is 9.87. The molecule has 1 saturated heterocycles. The van der Waals surface area contributed by atoms with E-state index in [0.717, 1.165) is 25.7 Å². The van der Waals surface area contributed by atoms with Gasteiger partial charge in [-0.25, -0.2) is 13.2 Å². The molecule has 0 spiro atoms. The zero-order valence-corrected chi connectivity index (χ0v) is 15.2. The highest BCUT2D eigenvalue weighted by molar-refractivity contribution is 7.90. The van der Waals surface area contributed by atoms with Crippen LogP contribution in [0.5, 0.6) is 0 Å².